The average Bonchev–Trinajstić information content (AvgIpc) is 3.09. The number of hydrogen-bond acceptors (Lipinski definition) is 4. The molecule has 1 amide bonds. The van der Waals surface area contributed by atoms with Crippen molar-refractivity contribution in [2.24, 2.45) is 5.41 Å². The molecular formula is C19H27NO4. The Morgan fingerprint density at radius 1 is 1.38 bits per heavy atom. The first-order chi connectivity index (χ1) is 11.5. The molecule has 3 unspecified atom stereocenters. The molecule has 0 radical (unpaired) electrons. The van der Waals surface area contributed by atoms with E-state index in [-0.39, 0.29) is 17.6 Å². The molecule has 1 aliphatic carbocycles. The minimum absolute atomic E-state index is 0.0203. The van der Waals surface area contributed by atoms with Gasteiger partial charge in [0.1, 0.15) is 6.10 Å². The van der Waals surface area contributed by atoms with Crippen LogP contribution in [0.2, 0.25) is 0 Å². The van der Waals surface area contributed by atoms with Gasteiger partial charge in [-0.25, -0.2) is 0 Å². The first-order valence-electron chi connectivity index (χ1n) is 8.57. The van der Waals surface area contributed by atoms with E-state index in [4.69, 9.17) is 14.2 Å². The summed E-state index contributed by atoms with van der Waals surface area (Å²) in [6.07, 6.45) is 3.82. The number of nitrogens with one attached hydrogen (secondary N) is 1. The lowest BCUT2D eigenvalue weighted by Crippen LogP contribution is -2.40. The summed E-state index contributed by atoms with van der Waals surface area (Å²) in [7, 11) is 3.35. The van der Waals surface area contributed by atoms with Crippen molar-refractivity contribution in [2.75, 3.05) is 20.8 Å². The number of amides is 1. The van der Waals surface area contributed by atoms with Crippen LogP contribution in [0, 0.1) is 5.41 Å². The van der Waals surface area contributed by atoms with Crippen molar-refractivity contribution in [3.8, 4) is 11.5 Å². The van der Waals surface area contributed by atoms with E-state index < -0.39 is 0 Å². The SMILES string of the molecule is COCC1Cc2c(C3CCC(C)(C)C3NC=O)ccc(OC)c2O1. The summed E-state index contributed by atoms with van der Waals surface area (Å²) >= 11 is 0. The predicted molar refractivity (Wildman–Crippen MR) is 91.7 cm³/mol. The second-order valence-electron chi connectivity index (χ2n) is 7.46. The first kappa shape index (κ1) is 17.1. The lowest BCUT2D eigenvalue weighted by Gasteiger charge is -2.31. The molecule has 1 fully saturated rings. The quantitative estimate of drug-likeness (QED) is 0.813. The molecule has 5 heteroatoms. The third-order valence-corrected chi connectivity index (χ3v) is 5.54. The maximum absolute atomic E-state index is 11.1. The van der Waals surface area contributed by atoms with Gasteiger partial charge in [-0.3, -0.25) is 4.79 Å². The van der Waals surface area contributed by atoms with E-state index >= 15 is 0 Å². The standard InChI is InChI=1S/C19H27NO4/c1-19(2)8-7-14(18(19)20-11-21)13-5-6-16(23-4)17-15(13)9-12(24-17)10-22-3/h5-6,11-12,14,18H,7-10H2,1-4H3,(H,20,21). The normalized spacial score (nSPS) is 27.4. The fourth-order valence-corrected chi connectivity index (χ4v) is 4.33. The predicted octanol–water partition coefficient (Wildman–Crippen LogP) is 2.66. The van der Waals surface area contributed by atoms with Gasteiger partial charge in [0.05, 0.1) is 13.7 Å². The molecular weight excluding hydrogens is 306 g/mol. The van der Waals surface area contributed by atoms with Gasteiger partial charge in [-0.05, 0) is 29.9 Å². The third kappa shape index (κ3) is 2.86. The molecule has 2 aliphatic rings. The maximum Gasteiger partial charge on any atom is 0.207 e. The van der Waals surface area contributed by atoms with Gasteiger partial charge < -0.3 is 19.5 Å². The molecule has 0 saturated heterocycles. The number of hydrogen-bond donors (Lipinski definition) is 1. The Labute approximate surface area is 143 Å². The molecule has 5 nitrogen and oxygen atoms in total. The first-order valence-corrected chi connectivity index (χ1v) is 8.57. The summed E-state index contributed by atoms with van der Waals surface area (Å²) in [4.78, 5) is 11.1. The molecule has 1 saturated carbocycles. The van der Waals surface area contributed by atoms with Crippen LogP contribution in [0.4, 0.5) is 0 Å². The van der Waals surface area contributed by atoms with Gasteiger partial charge in [0.2, 0.25) is 6.41 Å². The number of ether oxygens (including phenoxy) is 3. The highest BCUT2D eigenvalue weighted by molar-refractivity contribution is 5.56. The zero-order valence-corrected chi connectivity index (χ0v) is 14.9. The van der Waals surface area contributed by atoms with E-state index in [9.17, 15) is 4.79 Å². The molecule has 1 N–H and O–H groups in total. The van der Waals surface area contributed by atoms with Crippen LogP contribution in [-0.4, -0.2) is 39.4 Å². The lowest BCUT2D eigenvalue weighted by atomic mass is 9.81. The maximum atomic E-state index is 11.1. The van der Waals surface area contributed by atoms with Gasteiger partial charge in [-0.2, -0.15) is 0 Å². The van der Waals surface area contributed by atoms with Crippen LogP contribution in [0.5, 0.6) is 11.5 Å². The van der Waals surface area contributed by atoms with Gasteiger partial charge >= 0.3 is 0 Å². The number of fused-ring (bicyclic) bond motifs is 1. The van der Waals surface area contributed by atoms with E-state index in [2.05, 4.69) is 25.2 Å². The summed E-state index contributed by atoms with van der Waals surface area (Å²) in [5.41, 5.74) is 2.56. The van der Waals surface area contributed by atoms with Crippen LogP contribution < -0.4 is 14.8 Å². The van der Waals surface area contributed by atoms with Gasteiger partial charge in [0.15, 0.2) is 11.5 Å². The fraction of sp³-hybridized carbons (Fsp3) is 0.632. The van der Waals surface area contributed by atoms with Crippen molar-refractivity contribution in [3.63, 3.8) is 0 Å². The number of carbonyl (C=O) groups excluding carboxylic acids is 1. The van der Waals surface area contributed by atoms with Crippen molar-refractivity contribution in [1.29, 1.82) is 0 Å². The Morgan fingerprint density at radius 2 is 2.17 bits per heavy atom. The number of methoxy groups -OCH3 is 2. The van der Waals surface area contributed by atoms with Crippen molar-refractivity contribution in [1.82, 2.24) is 5.32 Å². The highest BCUT2D eigenvalue weighted by atomic mass is 16.5. The summed E-state index contributed by atoms with van der Waals surface area (Å²) in [5, 5.41) is 3.06. The summed E-state index contributed by atoms with van der Waals surface area (Å²) in [6, 6.07) is 4.25. The van der Waals surface area contributed by atoms with E-state index in [1.807, 2.05) is 6.07 Å². The largest absolute Gasteiger partial charge is 0.493 e. The highest BCUT2D eigenvalue weighted by Gasteiger charge is 2.44. The Kier molecular flexibility index (Phi) is 4.72. The number of rotatable bonds is 6. The van der Waals surface area contributed by atoms with Crippen LogP contribution in [0.1, 0.15) is 43.7 Å². The summed E-state index contributed by atoms with van der Waals surface area (Å²) < 4.78 is 16.8. The fourth-order valence-electron chi connectivity index (χ4n) is 4.33. The Balaban J connectivity index is 1.98. The second kappa shape index (κ2) is 6.63. The van der Waals surface area contributed by atoms with Gasteiger partial charge in [0, 0.05) is 31.1 Å². The van der Waals surface area contributed by atoms with Gasteiger partial charge in [-0.1, -0.05) is 19.9 Å². The minimum atomic E-state index is 0.0203. The third-order valence-electron chi connectivity index (χ3n) is 5.54. The van der Waals surface area contributed by atoms with E-state index in [1.54, 1.807) is 14.2 Å². The molecule has 1 aliphatic heterocycles. The Bertz CT molecular complexity index is 614. The van der Waals surface area contributed by atoms with Crippen LogP contribution in [-0.2, 0) is 16.0 Å². The smallest absolute Gasteiger partial charge is 0.207 e. The topological polar surface area (TPSA) is 56.8 Å². The molecule has 3 atom stereocenters. The summed E-state index contributed by atoms with van der Waals surface area (Å²) in [6.45, 7) is 5.01. The Hall–Kier alpha value is -1.75. The van der Waals surface area contributed by atoms with E-state index in [0.717, 1.165) is 37.2 Å². The lowest BCUT2D eigenvalue weighted by molar-refractivity contribution is -0.110. The summed E-state index contributed by atoms with van der Waals surface area (Å²) in [5.74, 6) is 1.91. The van der Waals surface area contributed by atoms with Crippen molar-refractivity contribution in [2.45, 2.75) is 51.2 Å². The van der Waals surface area contributed by atoms with Crippen molar-refractivity contribution >= 4 is 6.41 Å². The molecule has 0 aromatic heterocycles. The molecule has 0 bridgehead atoms. The van der Waals surface area contributed by atoms with Crippen LogP contribution in [0.15, 0.2) is 12.1 Å². The van der Waals surface area contributed by atoms with Crippen LogP contribution in [0.3, 0.4) is 0 Å². The average molecular weight is 333 g/mol. The molecule has 1 heterocycles. The number of benzene rings is 1. The second-order valence-corrected chi connectivity index (χ2v) is 7.46. The van der Waals surface area contributed by atoms with Gasteiger partial charge in [0.25, 0.3) is 0 Å². The molecule has 3 rings (SSSR count). The molecule has 1 aromatic carbocycles. The van der Waals surface area contributed by atoms with Crippen molar-refractivity contribution < 1.29 is 19.0 Å². The monoisotopic (exact) mass is 333 g/mol. The van der Waals surface area contributed by atoms with E-state index in [0.29, 0.717) is 12.5 Å². The zero-order valence-electron chi connectivity index (χ0n) is 14.9. The number of carbonyl (C=O) groups is 1. The van der Waals surface area contributed by atoms with Crippen LogP contribution in [0.25, 0.3) is 0 Å². The van der Waals surface area contributed by atoms with Gasteiger partial charge in [-0.15, -0.1) is 0 Å². The van der Waals surface area contributed by atoms with E-state index in [1.165, 1.54) is 11.1 Å². The molecule has 24 heavy (non-hydrogen) atoms. The highest BCUT2D eigenvalue weighted by Crippen LogP contribution is 2.50. The molecule has 0 spiro atoms. The molecule has 1 aromatic rings. The van der Waals surface area contributed by atoms with Crippen molar-refractivity contribution in [3.05, 3.63) is 23.3 Å². The van der Waals surface area contributed by atoms with Crippen LogP contribution >= 0.6 is 0 Å². The molecule has 132 valence electrons. The minimum Gasteiger partial charge on any atom is -0.493 e. The zero-order chi connectivity index (χ0) is 17.3. The Morgan fingerprint density at radius 3 is 2.83 bits per heavy atom.